The molecule has 0 spiro atoms. The Balaban J connectivity index is 1.89. The molecular weight excluding hydrogens is 290 g/mol. The number of rotatable bonds is 3. The minimum absolute atomic E-state index is 0.0414. The molecule has 3 rings (SSSR count). The Morgan fingerprint density at radius 1 is 1.62 bits per heavy atom. The van der Waals surface area contributed by atoms with Crippen molar-refractivity contribution in [1.82, 2.24) is 14.7 Å². The molecular formula is C15H18ClN3O2. The third-order valence-electron chi connectivity index (χ3n) is 4.45. The second kappa shape index (κ2) is 5.31. The highest BCUT2D eigenvalue weighted by Gasteiger charge is 2.39. The number of nitrogens with zero attached hydrogens (tertiary/aromatic N) is 2. The predicted octanol–water partition coefficient (Wildman–Crippen LogP) is 2.27. The largest absolute Gasteiger partial charge is 0.396 e. The van der Waals surface area contributed by atoms with E-state index in [9.17, 15) is 9.90 Å². The zero-order valence-corrected chi connectivity index (χ0v) is 12.6. The Kier molecular flexibility index (Phi) is 3.63. The van der Waals surface area contributed by atoms with Gasteiger partial charge in [0.15, 0.2) is 10.8 Å². The summed E-state index contributed by atoms with van der Waals surface area (Å²) in [5, 5.41) is 12.8. The molecule has 1 saturated carbocycles. The van der Waals surface area contributed by atoms with Crippen LogP contribution < -0.4 is 5.32 Å². The molecule has 5 nitrogen and oxygen atoms in total. The molecule has 1 fully saturated rings. The molecule has 0 aromatic carbocycles. The summed E-state index contributed by atoms with van der Waals surface area (Å²) in [7, 11) is 0. The number of aliphatic hydroxyl groups is 1. The number of fused-ring (bicyclic) bond motifs is 1. The van der Waals surface area contributed by atoms with Gasteiger partial charge in [-0.15, -0.1) is 0 Å². The van der Waals surface area contributed by atoms with Crippen LogP contribution in [0.2, 0.25) is 5.15 Å². The highest BCUT2D eigenvalue weighted by atomic mass is 35.5. The van der Waals surface area contributed by atoms with Crippen molar-refractivity contribution in [2.24, 2.45) is 5.41 Å². The molecule has 0 aliphatic heterocycles. The van der Waals surface area contributed by atoms with Crippen molar-refractivity contribution >= 4 is 23.2 Å². The van der Waals surface area contributed by atoms with Crippen LogP contribution in [0.5, 0.6) is 0 Å². The van der Waals surface area contributed by atoms with Crippen molar-refractivity contribution in [3.8, 4) is 0 Å². The van der Waals surface area contributed by atoms with Gasteiger partial charge in [-0.25, -0.2) is 4.98 Å². The topological polar surface area (TPSA) is 66.6 Å². The zero-order chi connectivity index (χ0) is 15.0. The van der Waals surface area contributed by atoms with E-state index in [2.05, 4.69) is 10.3 Å². The zero-order valence-electron chi connectivity index (χ0n) is 11.8. The van der Waals surface area contributed by atoms with Crippen LogP contribution in [-0.4, -0.2) is 33.0 Å². The summed E-state index contributed by atoms with van der Waals surface area (Å²) < 4.78 is 1.68. The van der Waals surface area contributed by atoms with Gasteiger partial charge in [-0.2, -0.15) is 0 Å². The van der Waals surface area contributed by atoms with Gasteiger partial charge in [-0.3, -0.25) is 9.20 Å². The minimum Gasteiger partial charge on any atom is -0.396 e. The quantitative estimate of drug-likeness (QED) is 0.914. The lowest BCUT2D eigenvalue weighted by Crippen LogP contribution is -2.45. The van der Waals surface area contributed by atoms with Crippen molar-refractivity contribution in [2.75, 3.05) is 6.61 Å². The Hall–Kier alpha value is -1.59. The maximum absolute atomic E-state index is 12.6. The number of aliphatic hydroxyl groups excluding tert-OH is 1. The lowest BCUT2D eigenvalue weighted by atomic mass is 9.86. The highest BCUT2D eigenvalue weighted by Crippen LogP contribution is 2.37. The first kappa shape index (κ1) is 14.4. The molecule has 2 aromatic heterocycles. The van der Waals surface area contributed by atoms with E-state index in [0.29, 0.717) is 11.3 Å². The predicted molar refractivity (Wildman–Crippen MR) is 80.5 cm³/mol. The molecule has 2 unspecified atom stereocenters. The molecule has 1 aliphatic carbocycles. The number of carbonyl (C=O) groups excluding carboxylic acids is 1. The lowest BCUT2D eigenvalue weighted by molar-refractivity contribution is 0.0825. The summed E-state index contributed by atoms with van der Waals surface area (Å²) in [6, 6.07) is 5.44. The number of halogens is 1. The van der Waals surface area contributed by atoms with Crippen molar-refractivity contribution in [3.05, 3.63) is 35.2 Å². The van der Waals surface area contributed by atoms with E-state index < -0.39 is 0 Å². The summed E-state index contributed by atoms with van der Waals surface area (Å²) in [5.74, 6) is -0.245. The Morgan fingerprint density at radius 3 is 3.19 bits per heavy atom. The molecule has 1 amide bonds. The average molecular weight is 308 g/mol. The molecule has 2 atom stereocenters. The summed E-state index contributed by atoms with van der Waals surface area (Å²) in [5.41, 5.74) is 0.728. The van der Waals surface area contributed by atoms with Crippen LogP contribution in [0.25, 0.3) is 5.65 Å². The van der Waals surface area contributed by atoms with Crippen molar-refractivity contribution in [1.29, 1.82) is 0 Å². The summed E-state index contributed by atoms with van der Waals surface area (Å²) in [6.07, 6.45) is 4.55. The number of imidazole rings is 1. The van der Waals surface area contributed by atoms with Crippen molar-refractivity contribution in [2.45, 2.75) is 32.2 Å². The molecule has 0 bridgehead atoms. The van der Waals surface area contributed by atoms with Gasteiger partial charge in [-0.05, 0) is 25.0 Å². The van der Waals surface area contributed by atoms with Crippen LogP contribution in [0, 0.1) is 5.41 Å². The van der Waals surface area contributed by atoms with Gasteiger partial charge in [-0.1, -0.05) is 31.0 Å². The fourth-order valence-corrected chi connectivity index (χ4v) is 3.33. The van der Waals surface area contributed by atoms with E-state index in [0.717, 1.165) is 19.3 Å². The first-order valence-electron chi connectivity index (χ1n) is 7.09. The smallest absolute Gasteiger partial charge is 0.271 e. The summed E-state index contributed by atoms with van der Waals surface area (Å²) in [4.78, 5) is 16.7. The van der Waals surface area contributed by atoms with Gasteiger partial charge in [0.05, 0.1) is 6.61 Å². The number of nitrogens with one attached hydrogen (secondary N) is 1. The molecule has 2 aromatic rings. The van der Waals surface area contributed by atoms with Crippen molar-refractivity contribution in [3.63, 3.8) is 0 Å². The van der Waals surface area contributed by atoms with Gasteiger partial charge in [0.25, 0.3) is 5.91 Å². The normalized spacial score (nSPS) is 25.4. The maximum Gasteiger partial charge on any atom is 0.271 e. The molecule has 0 radical (unpaired) electrons. The third kappa shape index (κ3) is 2.40. The Bertz CT molecular complexity index is 685. The second-order valence-corrected chi connectivity index (χ2v) is 6.27. The molecule has 21 heavy (non-hydrogen) atoms. The SMILES string of the molecule is CC1(CO)CCCC1NC(=O)c1c(Cl)nc2ccccn12. The van der Waals surface area contributed by atoms with E-state index >= 15 is 0 Å². The van der Waals surface area contributed by atoms with Crippen LogP contribution in [0.15, 0.2) is 24.4 Å². The fourth-order valence-electron chi connectivity index (χ4n) is 3.07. The maximum atomic E-state index is 12.6. The number of amides is 1. The first-order valence-corrected chi connectivity index (χ1v) is 7.47. The molecule has 2 N–H and O–H groups in total. The van der Waals surface area contributed by atoms with Crippen LogP contribution >= 0.6 is 11.6 Å². The van der Waals surface area contributed by atoms with Crippen molar-refractivity contribution < 1.29 is 9.90 Å². The van der Waals surface area contributed by atoms with Crippen LogP contribution in [0.1, 0.15) is 36.7 Å². The lowest BCUT2D eigenvalue weighted by Gasteiger charge is -2.30. The Labute approximate surface area is 127 Å². The van der Waals surface area contributed by atoms with Crippen LogP contribution in [0.4, 0.5) is 0 Å². The number of aromatic nitrogens is 2. The molecule has 2 heterocycles. The number of carbonyl (C=O) groups is 1. The monoisotopic (exact) mass is 307 g/mol. The van der Waals surface area contributed by atoms with Gasteiger partial charge in [0.2, 0.25) is 0 Å². The van der Waals surface area contributed by atoms with E-state index in [4.69, 9.17) is 11.6 Å². The van der Waals surface area contributed by atoms with Gasteiger partial charge in [0.1, 0.15) is 5.65 Å². The van der Waals surface area contributed by atoms with E-state index in [1.54, 1.807) is 16.7 Å². The molecule has 0 saturated heterocycles. The number of pyridine rings is 1. The first-order chi connectivity index (χ1) is 10.0. The molecule has 1 aliphatic rings. The minimum atomic E-state index is -0.261. The van der Waals surface area contributed by atoms with E-state index in [1.807, 2.05) is 19.1 Å². The third-order valence-corrected chi connectivity index (χ3v) is 4.71. The molecule has 112 valence electrons. The second-order valence-electron chi connectivity index (χ2n) is 5.91. The number of hydrogen-bond acceptors (Lipinski definition) is 3. The standard InChI is InChI=1S/C15H18ClN3O2/c1-15(9-20)7-4-5-10(15)17-14(21)12-13(16)18-11-6-2-3-8-19(11)12/h2-3,6,8,10,20H,4-5,7,9H2,1H3,(H,17,21). The van der Waals surface area contributed by atoms with Crippen LogP contribution in [0.3, 0.4) is 0 Å². The van der Waals surface area contributed by atoms with E-state index in [1.165, 1.54) is 0 Å². The van der Waals surface area contributed by atoms with Crippen LogP contribution in [-0.2, 0) is 0 Å². The fraction of sp³-hybridized carbons (Fsp3) is 0.467. The van der Waals surface area contributed by atoms with Gasteiger partial charge in [0, 0.05) is 17.7 Å². The molecule has 6 heteroatoms. The summed E-state index contributed by atoms with van der Waals surface area (Å²) >= 11 is 6.11. The van der Waals surface area contributed by atoms with Gasteiger partial charge < -0.3 is 10.4 Å². The Morgan fingerprint density at radius 2 is 2.43 bits per heavy atom. The highest BCUT2D eigenvalue weighted by molar-refractivity contribution is 6.32. The van der Waals surface area contributed by atoms with E-state index in [-0.39, 0.29) is 29.1 Å². The average Bonchev–Trinajstić information content (AvgIpc) is 2.99. The van der Waals surface area contributed by atoms with Gasteiger partial charge >= 0.3 is 0 Å². The number of hydrogen-bond donors (Lipinski definition) is 2. The summed E-state index contributed by atoms with van der Waals surface area (Å²) in [6.45, 7) is 2.07.